The highest BCUT2D eigenvalue weighted by Crippen LogP contribution is 2.27. The molecule has 1 unspecified atom stereocenters. The van der Waals surface area contributed by atoms with Gasteiger partial charge in [-0.15, -0.1) is 11.6 Å². The third kappa shape index (κ3) is 4.68. The van der Waals surface area contributed by atoms with Crippen LogP contribution in [0.4, 0.5) is 19.1 Å². The van der Waals surface area contributed by atoms with Gasteiger partial charge in [0.25, 0.3) is 0 Å². The van der Waals surface area contributed by atoms with Crippen molar-refractivity contribution in [3.63, 3.8) is 0 Å². The predicted molar refractivity (Wildman–Crippen MR) is 64.6 cm³/mol. The first-order valence-corrected chi connectivity index (χ1v) is 6.21. The first kappa shape index (κ1) is 15.0. The van der Waals surface area contributed by atoms with Crippen molar-refractivity contribution in [2.45, 2.75) is 25.9 Å². The maximum absolute atomic E-state index is 12.4. The minimum absolute atomic E-state index is 0.00199. The zero-order chi connectivity index (χ0) is 13.6. The fourth-order valence-corrected chi connectivity index (χ4v) is 1.75. The summed E-state index contributed by atoms with van der Waals surface area (Å²) in [5.74, 6) is 0.836. The van der Waals surface area contributed by atoms with Gasteiger partial charge in [-0.25, -0.2) is 9.97 Å². The van der Waals surface area contributed by atoms with Crippen LogP contribution in [0.1, 0.15) is 25.5 Å². The lowest BCUT2D eigenvalue weighted by molar-refractivity contribution is -0.141. The standard InChI is InChI=1S/C11H15ClF3N3/c1-2-8(3-5-12)7-17-10-16-6-4-9(18-10)11(13,14)15/h4,6,8H,2-3,5,7H2,1H3,(H,16,17,18). The lowest BCUT2D eigenvalue weighted by Gasteiger charge is -2.14. The molecular weight excluding hydrogens is 267 g/mol. The predicted octanol–water partition coefficient (Wildman–Crippen LogP) is 3.56. The van der Waals surface area contributed by atoms with Crippen LogP contribution in [0, 0.1) is 5.92 Å². The fraction of sp³-hybridized carbons (Fsp3) is 0.636. The Morgan fingerprint density at radius 2 is 2.17 bits per heavy atom. The van der Waals surface area contributed by atoms with Crippen molar-refractivity contribution in [1.29, 1.82) is 0 Å². The molecule has 0 spiro atoms. The van der Waals surface area contributed by atoms with Crippen molar-refractivity contribution in [2.75, 3.05) is 17.7 Å². The van der Waals surface area contributed by atoms with Gasteiger partial charge in [0, 0.05) is 18.6 Å². The van der Waals surface area contributed by atoms with E-state index in [1.807, 2.05) is 6.92 Å². The zero-order valence-electron chi connectivity index (χ0n) is 9.97. The number of alkyl halides is 4. The molecule has 7 heteroatoms. The Morgan fingerprint density at radius 1 is 1.44 bits per heavy atom. The Kier molecular flexibility index (Phi) is 5.65. The molecule has 0 amide bonds. The first-order chi connectivity index (χ1) is 8.47. The van der Waals surface area contributed by atoms with Crippen LogP contribution in [-0.2, 0) is 6.18 Å². The second kappa shape index (κ2) is 6.78. The molecule has 0 saturated heterocycles. The SMILES string of the molecule is CCC(CCCl)CNc1nccc(C(F)(F)F)n1. The Labute approximate surface area is 109 Å². The number of hydrogen-bond acceptors (Lipinski definition) is 3. The molecule has 1 atom stereocenters. The van der Waals surface area contributed by atoms with Gasteiger partial charge in [-0.05, 0) is 18.4 Å². The van der Waals surface area contributed by atoms with Gasteiger partial charge >= 0.3 is 6.18 Å². The van der Waals surface area contributed by atoms with Gasteiger partial charge in [0.2, 0.25) is 5.95 Å². The first-order valence-electron chi connectivity index (χ1n) is 5.67. The van der Waals surface area contributed by atoms with Gasteiger partial charge in [-0.3, -0.25) is 0 Å². The van der Waals surface area contributed by atoms with Crippen molar-refractivity contribution in [3.05, 3.63) is 18.0 Å². The highest BCUT2D eigenvalue weighted by atomic mass is 35.5. The van der Waals surface area contributed by atoms with Gasteiger partial charge in [-0.1, -0.05) is 13.3 Å². The molecule has 1 rings (SSSR count). The molecule has 0 aliphatic rings. The lowest BCUT2D eigenvalue weighted by Crippen LogP contribution is -2.17. The van der Waals surface area contributed by atoms with E-state index in [0.29, 0.717) is 18.3 Å². The Balaban J connectivity index is 2.62. The monoisotopic (exact) mass is 281 g/mol. The van der Waals surface area contributed by atoms with Crippen LogP contribution in [0.5, 0.6) is 0 Å². The van der Waals surface area contributed by atoms with Gasteiger partial charge in [0.1, 0.15) is 5.69 Å². The van der Waals surface area contributed by atoms with Gasteiger partial charge < -0.3 is 5.32 Å². The van der Waals surface area contributed by atoms with E-state index in [0.717, 1.165) is 25.1 Å². The zero-order valence-corrected chi connectivity index (χ0v) is 10.7. The van der Waals surface area contributed by atoms with E-state index >= 15 is 0 Å². The molecule has 1 aromatic rings. The number of rotatable bonds is 6. The maximum Gasteiger partial charge on any atom is 0.433 e. The molecule has 3 nitrogen and oxygen atoms in total. The van der Waals surface area contributed by atoms with E-state index in [2.05, 4.69) is 15.3 Å². The number of nitrogens with zero attached hydrogens (tertiary/aromatic N) is 2. The summed E-state index contributed by atoms with van der Waals surface area (Å²) in [6.07, 6.45) is -1.64. The van der Waals surface area contributed by atoms with Crippen molar-refractivity contribution >= 4 is 17.5 Å². The molecule has 0 radical (unpaired) electrons. The second-order valence-electron chi connectivity index (χ2n) is 3.90. The minimum Gasteiger partial charge on any atom is -0.354 e. The normalized spacial score (nSPS) is 13.4. The summed E-state index contributed by atoms with van der Waals surface area (Å²) in [6, 6.07) is 0.848. The largest absolute Gasteiger partial charge is 0.433 e. The van der Waals surface area contributed by atoms with E-state index in [9.17, 15) is 13.2 Å². The molecule has 1 heterocycles. The molecule has 102 valence electrons. The van der Waals surface area contributed by atoms with Crippen LogP contribution >= 0.6 is 11.6 Å². The third-order valence-electron chi connectivity index (χ3n) is 2.59. The number of aromatic nitrogens is 2. The van der Waals surface area contributed by atoms with E-state index < -0.39 is 11.9 Å². The summed E-state index contributed by atoms with van der Waals surface area (Å²) < 4.78 is 37.3. The highest BCUT2D eigenvalue weighted by molar-refractivity contribution is 6.17. The topological polar surface area (TPSA) is 37.8 Å². The van der Waals surface area contributed by atoms with Gasteiger partial charge in [0.15, 0.2) is 0 Å². The van der Waals surface area contributed by atoms with Crippen LogP contribution in [0.3, 0.4) is 0 Å². The van der Waals surface area contributed by atoms with Crippen LogP contribution in [0.25, 0.3) is 0 Å². The van der Waals surface area contributed by atoms with Gasteiger partial charge in [0.05, 0.1) is 0 Å². The minimum atomic E-state index is -4.44. The summed E-state index contributed by atoms with van der Waals surface area (Å²) in [5, 5.41) is 2.81. The summed E-state index contributed by atoms with van der Waals surface area (Å²) in [6.45, 7) is 2.52. The molecule has 0 fully saturated rings. The Bertz CT molecular complexity index is 371. The smallest absolute Gasteiger partial charge is 0.354 e. The van der Waals surface area contributed by atoms with E-state index in [-0.39, 0.29) is 5.95 Å². The van der Waals surface area contributed by atoms with E-state index in [1.54, 1.807) is 0 Å². The maximum atomic E-state index is 12.4. The van der Waals surface area contributed by atoms with Gasteiger partial charge in [-0.2, -0.15) is 13.2 Å². The Hall–Kier alpha value is -1.04. The van der Waals surface area contributed by atoms with Crippen LogP contribution in [-0.4, -0.2) is 22.4 Å². The van der Waals surface area contributed by atoms with Crippen LogP contribution < -0.4 is 5.32 Å². The second-order valence-corrected chi connectivity index (χ2v) is 4.27. The molecule has 0 aliphatic carbocycles. The number of halogens is 4. The number of hydrogen-bond donors (Lipinski definition) is 1. The molecule has 1 aromatic heterocycles. The summed E-state index contributed by atoms with van der Waals surface area (Å²) >= 11 is 5.63. The van der Waals surface area contributed by atoms with Crippen molar-refractivity contribution in [1.82, 2.24) is 9.97 Å². The quantitative estimate of drug-likeness (QED) is 0.810. The Morgan fingerprint density at radius 3 is 2.72 bits per heavy atom. The molecule has 1 N–H and O–H groups in total. The molecule has 0 aliphatic heterocycles. The summed E-state index contributed by atoms with van der Waals surface area (Å²) in [5.41, 5.74) is -0.939. The average Bonchev–Trinajstić information content (AvgIpc) is 2.34. The molecule has 0 saturated carbocycles. The fourth-order valence-electron chi connectivity index (χ4n) is 1.44. The average molecular weight is 282 g/mol. The van der Waals surface area contributed by atoms with Crippen molar-refractivity contribution in [3.8, 4) is 0 Å². The number of anilines is 1. The van der Waals surface area contributed by atoms with E-state index in [1.165, 1.54) is 0 Å². The van der Waals surface area contributed by atoms with Crippen LogP contribution in [0.2, 0.25) is 0 Å². The summed E-state index contributed by atoms with van der Waals surface area (Å²) in [7, 11) is 0. The van der Waals surface area contributed by atoms with E-state index in [4.69, 9.17) is 11.6 Å². The molecule has 18 heavy (non-hydrogen) atoms. The molecule has 0 bridgehead atoms. The number of nitrogens with one attached hydrogen (secondary N) is 1. The van der Waals surface area contributed by atoms with Crippen molar-refractivity contribution < 1.29 is 13.2 Å². The summed E-state index contributed by atoms with van der Waals surface area (Å²) in [4.78, 5) is 7.19. The molecular formula is C11H15ClF3N3. The molecule has 0 aromatic carbocycles. The van der Waals surface area contributed by atoms with Crippen molar-refractivity contribution in [2.24, 2.45) is 5.92 Å². The van der Waals surface area contributed by atoms with Crippen LogP contribution in [0.15, 0.2) is 12.3 Å². The lowest BCUT2D eigenvalue weighted by atomic mass is 10.0. The third-order valence-corrected chi connectivity index (χ3v) is 2.81. The highest BCUT2D eigenvalue weighted by Gasteiger charge is 2.32.